The smallest absolute Gasteiger partial charge is 0.194 e. The summed E-state index contributed by atoms with van der Waals surface area (Å²) in [6.07, 6.45) is -0.358. The lowest BCUT2D eigenvalue weighted by molar-refractivity contribution is -0.225. The minimum Gasteiger partial charge on any atom is -0.394 e. The molecule has 39 heavy (non-hydrogen) atoms. The number of piperidine rings is 1. The maximum absolute atomic E-state index is 13.8. The van der Waals surface area contributed by atoms with Crippen molar-refractivity contribution in [3.05, 3.63) is 53.3 Å². The summed E-state index contributed by atoms with van der Waals surface area (Å²) in [5.74, 6) is -3.22. The van der Waals surface area contributed by atoms with Crippen molar-refractivity contribution in [2.75, 3.05) is 19.7 Å². The fourth-order valence-electron chi connectivity index (χ4n) is 5.31. The third-order valence-electron chi connectivity index (χ3n) is 7.22. The highest BCUT2D eigenvalue weighted by Crippen LogP contribution is 2.35. The van der Waals surface area contributed by atoms with Gasteiger partial charge in [0.1, 0.15) is 35.8 Å². The zero-order chi connectivity index (χ0) is 27.7. The maximum Gasteiger partial charge on any atom is 0.194 e. The zero-order valence-corrected chi connectivity index (χ0v) is 21.6. The van der Waals surface area contributed by atoms with Crippen molar-refractivity contribution < 1.29 is 37.4 Å². The van der Waals surface area contributed by atoms with Gasteiger partial charge in [0.25, 0.3) is 0 Å². The molecule has 0 saturated carbocycles. The number of hydrogen-bond donors (Lipinski definition) is 3. The van der Waals surface area contributed by atoms with Gasteiger partial charge in [-0.2, -0.15) is 0 Å². The summed E-state index contributed by atoms with van der Waals surface area (Å²) in [6, 6.07) is 2.67. The van der Waals surface area contributed by atoms with Gasteiger partial charge in [0.05, 0.1) is 30.7 Å². The number of aromatic nitrogens is 4. The molecule has 5 rings (SSSR count). The predicted octanol–water partition coefficient (Wildman–Crippen LogP) is 2.52. The van der Waals surface area contributed by atoms with E-state index in [0.29, 0.717) is 5.69 Å². The highest BCUT2D eigenvalue weighted by atomic mass is 19.2. The first kappa shape index (κ1) is 27.7. The van der Waals surface area contributed by atoms with Gasteiger partial charge in [0.15, 0.2) is 17.5 Å². The van der Waals surface area contributed by atoms with Gasteiger partial charge in [-0.25, -0.2) is 17.9 Å². The summed E-state index contributed by atoms with van der Waals surface area (Å²) in [6.45, 7) is 5.01. The average molecular weight is 552 g/mol. The molecule has 212 valence electrons. The van der Waals surface area contributed by atoms with Crippen LogP contribution in [0.25, 0.3) is 11.3 Å². The highest BCUT2D eigenvalue weighted by Gasteiger charge is 2.48. The molecule has 0 spiro atoms. The van der Waals surface area contributed by atoms with Crippen LogP contribution in [0.4, 0.5) is 13.2 Å². The van der Waals surface area contributed by atoms with Crippen LogP contribution in [0.3, 0.4) is 0 Å². The van der Waals surface area contributed by atoms with Crippen molar-refractivity contribution in [1.29, 1.82) is 0 Å². The van der Waals surface area contributed by atoms with Gasteiger partial charge < -0.3 is 29.5 Å². The molecule has 0 radical (unpaired) electrons. The normalized spacial score (nSPS) is 26.4. The number of nitrogens with one attached hydrogen (secondary N) is 1. The summed E-state index contributed by atoms with van der Waals surface area (Å²) in [5, 5.41) is 36.8. The molecule has 1 aromatic carbocycles. The Labute approximate surface area is 223 Å². The lowest BCUT2D eigenvalue weighted by Gasteiger charge is -2.44. The molecular formula is C26H32F3N5O5. The number of hydrogen-bond acceptors (Lipinski definition) is 9. The Bertz CT molecular complexity index is 1240. The Morgan fingerprint density at radius 1 is 1.13 bits per heavy atom. The molecular weight excluding hydrogens is 519 g/mol. The third kappa shape index (κ3) is 5.87. The molecule has 0 unspecified atom stereocenters. The molecule has 0 aliphatic carbocycles. The fourth-order valence-corrected chi connectivity index (χ4v) is 5.31. The Balaban J connectivity index is 1.44. The van der Waals surface area contributed by atoms with E-state index in [1.54, 1.807) is 0 Å². The number of nitrogens with zero attached hydrogens (tertiary/aromatic N) is 4. The van der Waals surface area contributed by atoms with Crippen molar-refractivity contribution >= 4 is 0 Å². The third-order valence-corrected chi connectivity index (χ3v) is 7.22. The largest absolute Gasteiger partial charge is 0.394 e. The van der Waals surface area contributed by atoms with E-state index in [1.807, 2.05) is 19.9 Å². The van der Waals surface area contributed by atoms with Crippen molar-refractivity contribution in [2.24, 2.45) is 0 Å². The van der Waals surface area contributed by atoms with Gasteiger partial charge in [-0.3, -0.25) is 0 Å². The second-order valence-electron chi connectivity index (χ2n) is 10.3. The number of aliphatic hydroxyl groups excluding tert-OH is 2. The van der Waals surface area contributed by atoms with Crippen LogP contribution in [-0.4, -0.2) is 80.6 Å². The van der Waals surface area contributed by atoms with Crippen LogP contribution >= 0.6 is 0 Å². The van der Waals surface area contributed by atoms with Crippen LogP contribution in [-0.2, 0) is 15.9 Å². The molecule has 10 nitrogen and oxygen atoms in total. The lowest BCUT2D eigenvalue weighted by Crippen LogP contribution is -2.58. The van der Waals surface area contributed by atoms with Crippen molar-refractivity contribution in [3.8, 4) is 11.3 Å². The van der Waals surface area contributed by atoms with Crippen LogP contribution < -0.4 is 5.32 Å². The van der Waals surface area contributed by atoms with Crippen molar-refractivity contribution in [2.45, 2.75) is 75.6 Å². The van der Waals surface area contributed by atoms with Gasteiger partial charge in [-0.15, -0.1) is 5.10 Å². The van der Waals surface area contributed by atoms with E-state index in [9.17, 15) is 23.4 Å². The molecule has 3 N–H and O–H groups in total. The number of halogens is 3. The van der Waals surface area contributed by atoms with E-state index < -0.39 is 54.5 Å². The molecule has 0 bridgehead atoms. The van der Waals surface area contributed by atoms with E-state index in [0.717, 1.165) is 43.8 Å². The number of benzene rings is 1. The van der Waals surface area contributed by atoms with Gasteiger partial charge in [-0.1, -0.05) is 10.4 Å². The minimum absolute atomic E-state index is 0.0242. The molecule has 2 saturated heterocycles. The molecule has 2 aliphatic heterocycles. The molecule has 2 fully saturated rings. The second-order valence-corrected chi connectivity index (χ2v) is 10.3. The van der Waals surface area contributed by atoms with Crippen molar-refractivity contribution in [1.82, 2.24) is 25.5 Å². The molecule has 4 heterocycles. The quantitative estimate of drug-likeness (QED) is 0.362. The average Bonchev–Trinajstić information content (AvgIpc) is 3.59. The molecule has 2 aliphatic rings. The first-order chi connectivity index (χ1) is 18.7. The Morgan fingerprint density at radius 2 is 1.85 bits per heavy atom. The van der Waals surface area contributed by atoms with Crippen LogP contribution in [0.15, 0.2) is 28.9 Å². The first-order valence-corrected chi connectivity index (χ1v) is 13.1. The lowest BCUT2D eigenvalue weighted by atomic mass is 9.89. The SMILES string of the molecule is CC(C)O[C@@H]1[C@@H](n2cc(-c3cc(F)c(F)c(F)c3)nn2)[C@@H](O)[C@@H](CO)O[C@@H]1Cc1cc(C2CCNCC2)on1. The van der Waals surface area contributed by atoms with Crippen LogP contribution in [0, 0.1) is 17.5 Å². The molecule has 0 amide bonds. The molecule has 3 aromatic rings. The number of rotatable bonds is 8. The molecule has 2 aromatic heterocycles. The summed E-state index contributed by atoms with van der Waals surface area (Å²) in [7, 11) is 0. The summed E-state index contributed by atoms with van der Waals surface area (Å²) in [4.78, 5) is 0. The maximum atomic E-state index is 13.8. The van der Waals surface area contributed by atoms with Gasteiger partial charge in [0.2, 0.25) is 0 Å². The van der Waals surface area contributed by atoms with Crippen LogP contribution in [0.1, 0.15) is 50.1 Å². The van der Waals surface area contributed by atoms with Crippen molar-refractivity contribution in [3.63, 3.8) is 0 Å². The van der Waals surface area contributed by atoms with Crippen LogP contribution in [0.2, 0.25) is 0 Å². The minimum atomic E-state index is -1.58. The van der Waals surface area contributed by atoms with E-state index in [-0.39, 0.29) is 29.7 Å². The predicted molar refractivity (Wildman–Crippen MR) is 131 cm³/mol. The Hall–Kier alpha value is -2.84. The zero-order valence-electron chi connectivity index (χ0n) is 21.6. The standard InChI is InChI=1S/C26H32F3N5O5/c1-13(2)37-26-21(10-16-9-20(39-32-16)14-3-5-30-6-4-14)38-22(12-35)25(36)24(26)34-11-19(31-33-34)15-7-17(27)23(29)18(28)8-15/h7-9,11,13-14,21-22,24-26,30,35-36H,3-6,10,12H2,1-2H3/t21-,22-,24+,25+,26+/m1/s1. The Kier molecular flexibility index (Phi) is 8.33. The van der Waals surface area contributed by atoms with E-state index >= 15 is 0 Å². The van der Waals surface area contributed by atoms with E-state index in [1.165, 1.54) is 10.9 Å². The van der Waals surface area contributed by atoms with Gasteiger partial charge in [-0.05, 0) is 51.9 Å². The van der Waals surface area contributed by atoms with Crippen LogP contribution in [0.5, 0.6) is 0 Å². The number of ether oxygens (including phenoxy) is 2. The summed E-state index contributed by atoms with van der Waals surface area (Å²) >= 11 is 0. The summed E-state index contributed by atoms with van der Waals surface area (Å²) in [5.41, 5.74) is 0.688. The second kappa shape index (κ2) is 11.7. The number of aliphatic hydroxyl groups is 2. The van der Waals surface area contributed by atoms with Gasteiger partial charge in [0, 0.05) is 24.0 Å². The fraction of sp³-hybridized carbons (Fsp3) is 0.577. The molecule has 13 heteroatoms. The topological polar surface area (TPSA) is 128 Å². The highest BCUT2D eigenvalue weighted by molar-refractivity contribution is 5.57. The van der Waals surface area contributed by atoms with E-state index in [2.05, 4.69) is 20.8 Å². The van der Waals surface area contributed by atoms with E-state index in [4.69, 9.17) is 14.0 Å². The molecule has 5 atom stereocenters. The van der Waals surface area contributed by atoms with Gasteiger partial charge >= 0.3 is 0 Å². The Morgan fingerprint density at radius 3 is 2.51 bits per heavy atom. The first-order valence-electron chi connectivity index (χ1n) is 13.1. The monoisotopic (exact) mass is 551 g/mol. The summed E-state index contributed by atoms with van der Waals surface area (Å²) < 4.78 is 60.4.